The number of halogens is 3. The van der Waals surface area contributed by atoms with Crippen molar-refractivity contribution in [2.24, 2.45) is 18.4 Å². The Kier molecular flexibility index (Phi) is 14.4. The van der Waals surface area contributed by atoms with Gasteiger partial charge >= 0.3 is 12.1 Å². The lowest BCUT2D eigenvalue weighted by atomic mass is 9.58. The highest BCUT2D eigenvalue weighted by molar-refractivity contribution is 7.22. The summed E-state index contributed by atoms with van der Waals surface area (Å²) in [6.45, 7) is 7.26. The summed E-state index contributed by atoms with van der Waals surface area (Å²) in [6, 6.07) is 23.8. The minimum absolute atomic E-state index is 0.00602. The number of carbonyl (C=O) groups excluding carboxylic acids is 5. The Hall–Kier alpha value is -7.91. The third-order valence-electron chi connectivity index (χ3n) is 15.7. The van der Waals surface area contributed by atoms with E-state index in [9.17, 15) is 24.0 Å². The molecule has 1 unspecified atom stereocenters. The number of aromatic nitrogens is 4. The standard InChI is InChI=1S/C59H60F3N9O8S/c1-57(2,3)79-55(76)50-36(17-20-45(65-50)71-25-22-34-10-8-12-37(40(34)30-71)53(74)67-56-64-41-13-6-7-15-44(41)80-56)35-11-9-14-43(48(35)59(60,61)62)78-32-33-28-58(29-33)23-26-70(27-24-58)31-47(73)63-42-19-16-38-49(39-18-21-46(72)66-54(39)75)68-69(4)51(38)52(42)77-5/h6-17,19-20,33,39H,18,21-32H2,1-5H3,(H,63,73)(H,64,67,74)(H,66,72,75). The fourth-order valence-electron chi connectivity index (χ4n) is 11.9. The maximum absolute atomic E-state index is 15.4. The van der Waals surface area contributed by atoms with Crippen LogP contribution in [-0.4, -0.2) is 99.7 Å². The molecule has 17 nitrogen and oxygen atoms in total. The average Bonchev–Trinajstić information content (AvgIpc) is 4.05. The van der Waals surface area contributed by atoms with Gasteiger partial charge in [-0.05, 0) is 143 Å². The molecule has 1 saturated carbocycles. The van der Waals surface area contributed by atoms with E-state index < -0.39 is 35.1 Å². The van der Waals surface area contributed by atoms with Crippen molar-refractivity contribution in [2.45, 2.75) is 90.0 Å². The van der Waals surface area contributed by atoms with Crippen LogP contribution in [0.4, 0.5) is 29.8 Å². The van der Waals surface area contributed by atoms with E-state index in [0.717, 1.165) is 47.0 Å². The van der Waals surface area contributed by atoms with Crippen LogP contribution in [0.25, 0.3) is 32.2 Å². The van der Waals surface area contributed by atoms with Crippen molar-refractivity contribution in [3.8, 4) is 22.6 Å². The van der Waals surface area contributed by atoms with Gasteiger partial charge in [0.2, 0.25) is 17.7 Å². The molecule has 4 amide bonds. The second-order valence-corrected chi connectivity index (χ2v) is 23.3. The summed E-state index contributed by atoms with van der Waals surface area (Å²) in [4.78, 5) is 79.2. The predicted octanol–water partition coefficient (Wildman–Crippen LogP) is 10.1. The molecule has 0 radical (unpaired) electrons. The van der Waals surface area contributed by atoms with E-state index in [1.54, 1.807) is 56.8 Å². The van der Waals surface area contributed by atoms with E-state index in [-0.39, 0.29) is 77.7 Å². The number of esters is 1. The number of hydrogen-bond acceptors (Lipinski definition) is 14. The Morgan fingerprint density at radius 1 is 0.875 bits per heavy atom. The van der Waals surface area contributed by atoms with Gasteiger partial charge < -0.3 is 24.4 Å². The maximum atomic E-state index is 15.4. The second kappa shape index (κ2) is 21.3. The molecular weight excluding hydrogens is 1050 g/mol. The number of pyridine rings is 1. The number of anilines is 3. The summed E-state index contributed by atoms with van der Waals surface area (Å²) >= 11 is 1.37. The molecule has 3 fully saturated rings. The smallest absolute Gasteiger partial charge is 0.420 e. The Balaban J connectivity index is 0.745. The molecule has 1 atom stereocenters. The molecule has 3 aliphatic heterocycles. The first-order valence-electron chi connectivity index (χ1n) is 26.7. The molecule has 1 spiro atoms. The van der Waals surface area contributed by atoms with Crippen LogP contribution >= 0.6 is 11.3 Å². The molecule has 416 valence electrons. The number of amides is 4. The Morgan fingerprint density at radius 3 is 2.39 bits per heavy atom. The number of carbonyl (C=O) groups is 5. The number of fused-ring (bicyclic) bond motifs is 3. The van der Waals surface area contributed by atoms with Gasteiger partial charge in [-0.2, -0.15) is 18.3 Å². The van der Waals surface area contributed by atoms with Crippen molar-refractivity contribution in [3.63, 3.8) is 0 Å². The first-order valence-corrected chi connectivity index (χ1v) is 27.5. The van der Waals surface area contributed by atoms with Crippen LogP contribution in [0, 0.1) is 11.3 Å². The number of alkyl halides is 3. The number of nitrogens with zero attached hydrogens (tertiary/aromatic N) is 6. The number of piperidine rings is 2. The monoisotopic (exact) mass is 1110 g/mol. The molecule has 21 heteroatoms. The molecule has 0 bridgehead atoms. The van der Waals surface area contributed by atoms with Crippen LogP contribution in [0.15, 0.2) is 84.9 Å². The van der Waals surface area contributed by atoms with Crippen LogP contribution in [-0.2, 0) is 45.3 Å². The lowest BCUT2D eigenvalue weighted by molar-refractivity contribution is -0.139. The number of imide groups is 1. The molecule has 4 aliphatic rings. The summed E-state index contributed by atoms with van der Waals surface area (Å²) in [5, 5.41) is 14.1. The number of aryl methyl sites for hydroxylation is 1. The van der Waals surface area contributed by atoms with Gasteiger partial charge in [-0.3, -0.25) is 39.4 Å². The van der Waals surface area contributed by atoms with Crippen LogP contribution in [0.1, 0.15) is 108 Å². The van der Waals surface area contributed by atoms with Crippen LogP contribution < -0.4 is 30.3 Å². The number of thiazole rings is 1. The van der Waals surface area contributed by atoms with Gasteiger partial charge in [0.1, 0.15) is 28.2 Å². The zero-order chi connectivity index (χ0) is 56.3. The van der Waals surface area contributed by atoms with Gasteiger partial charge in [0.05, 0.1) is 47.8 Å². The van der Waals surface area contributed by atoms with E-state index in [0.29, 0.717) is 77.0 Å². The molecule has 3 aromatic heterocycles. The normalized spacial score (nSPS) is 17.7. The fraction of sp³-hybridized carbons (Fsp3) is 0.390. The fourth-order valence-corrected chi connectivity index (χ4v) is 12.8. The topological polar surface area (TPSA) is 199 Å². The average molecular weight is 1110 g/mol. The van der Waals surface area contributed by atoms with Gasteiger partial charge in [0.15, 0.2) is 16.6 Å². The quantitative estimate of drug-likeness (QED) is 0.0729. The van der Waals surface area contributed by atoms with Crippen molar-refractivity contribution in [1.82, 2.24) is 30.0 Å². The number of ether oxygens (including phenoxy) is 3. The summed E-state index contributed by atoms with van der Waals surface area (Å²) < 4.78 is 66.5. The van der Waals surface area contributed by atoms with Crippen molar-refractivity contribution in [2.75, 3.05) is 55.4 Å². The highest BCUT2D eigenvalue weighted by Crippen LogP contribution is 2.53. The highest BCUT2D eigenvalue weighted by atomic mass is 32.1. The zero-order valence-corrected chi connectivity index (χ0v) is 45.7. The molecule has 80 heavy (non-hydrogen) atoms. The first kappa shape index (κ1) is 54.1. The predicted molar refractivity (Wildman–Crippen MR) is 296 cm³/mol. The number of benzene rings is 4. The highest BCUT2D eigenvalue weighted by Gasteiger charge is 2.47. The van der Waals surface area contributed by atoms with Crippen molar-refractivity contribution in [3.05, 3.63) is 119 Å². The molecule has 4 aromatic carbocycles. The first-order chi connectivity index (χ1) is 38.2. The Morgan fingerprint density at radius 2 is 1.65 bits per heavy atom. The number of para-hydroxylation sites is 1. The van der Waals surface area contributed by atoms with Gasteiger partial charge in [-0.25, -0.2) is 14.8 Å². The van der Waals surface area contributed by atoms with E-state index in [1.807, 2.05) is 41.3 Å². The lowest BCUT2D eigenvalue weighted by Crippen LogP contribution is -2.49. The van der Waals surface area contributed by atoms with Crippen molar-refractivity contribution >= 4 is 78.7 Å². The summed E-state index contributed by atoms with van der Waals surface area (Å²) in [7, 11) is 3.23. The minimum Gasteiger partial charge on any atom is -0.493 e. The van der Waals surface area contributed by atoms with Crippen molar-refractivity contribution in [1.29, 1.82) is 0 Å². The zero-order valence-electron chi connectivity index (χ0n) is 44.9. The summed E-state index contributed by atoms with van der Waals surface area (Å²) in [5.74, 6) is -2.37. The Labute approximate surface area is 463 Å². The largest absolute Gasteiger partial charge is 0.493 e. The van der Waals surface area contributed by atoms with E-state index in [4.69, 9.17) is 19.2 Å². The SMILES string of the molecule is COc1c(NC(=O)CN2CCC3(CC2)CC(COc2cccc(-c4ccc(N5CCc6cccc(C(=O)Nc7nc8ccccc8s7)c6C5)nc4C(=O)OC(C)(C)C)c2C(F)(F)F)C3)ccc2c(C3CCC(=O)NC3=O)nn(C)c12. The van der Waals surface area contributed by atoms with Crippen LogP contribution in [0.5, 0.6) is 11.5 Å². The molecule has 6 heterocycles. The van der Waals surface area contributed by atoms with Crippen LogP contribution in [0.3, 0.4) is 0 Å². The van der Waals surface area contributed by atoms with E-state index in [1.165, 1.54) is 42.7 Å². The Bertz CT molecular complexity index is 3580. The minimum atomic E-state index is -4.88. The summed E-state index contributed by atoms with van der Waals surface area (Å²) in [6.07, 6.45) is -0.623. The number of likely N-dealkylation sites (tertiary alicyclic amines) is 1. The molecule has 7 aromatic rings. The van der Waals surface area contributed by atoms with Crippen LogP contribution in [0.2, 0.25) is 0 Å². The maximum Gasteiger partial charge on any atom is 0.420 e. The molecular formula is C59H60F3N9O8S. The molecule has 2 saturated heterocycles. The van der Waals surface area contributed by atoms with Crippen molar-refractivity contribution < 1.29 is 51.4 Å². The number of methoxy groups -OCH3 is 1. The van der Waals surface area contributed by atoms with E-state index in [2.05, 4.69) is 30.9 Å². The lowest BCUT2D eigenvalue weighted by Gasteiger charge is -2.52. The summed E-state index contributed by atoms with van der Waals surface area (Å²) in [5.41, 5.74) is 1.90. The molecule has 11 rings (SSSR count). The third-order valence-corrected chi connectivity index (χ3v) is 16.6. The number of nitrogens with one attached hydrogen (secondary N) is 3. The van der Waals surface area contributed by atoms with Gasteiger partial charge in [0.25, 0.3) is 5.91 Å². The second-order valence-electron chi connectivity index (χ2n) is 22.3. The van der Waals surface area contributed by atoms with Gasteiger partial charge in [-0.1, -0.05) is 47.7 Å². The molecule has 1 aliphatic carbocycles. The van der Waals surface area contributed by atoms with Gasteiger partial charge in [-0.15, -0.1) is 0 Å². The number of rotatable bonds is 13. The van der Waals surface area contributed by atoms with Gasteiger partial charge in [0, 0.05) is 48.6 Å². The molecule has 3 N–H and O–H groups in total. The van der Waals surface area contributed by atoms with E-state index >= 15 is 13.2 Å². The number of hydrogen-bond donors (Lipinski definition) is 3. The third kappa shape index (κ3) is 10.9.